The monoisotopic (exact) mass is 290 g/mol. The second kappa shape index (κ2) is 6.48. The predicted octanol–water partition coefficient (Wildman–Crippen LogP) is 2.93. The van der Waals surface area contributed by atoms with E-state index in [9.17, 15) is 0 Å². The topological polar surface area (TPSA) is 38.0 Å². The van der Waals surface area contributed by atoms with Crippen molar-refractivity contribution in [3.05, 3.63) is 33.3 Å². The van der Waals surface area contributed by atoms with Gasteiger partial charge in [-0.2, -0.15) is 0 Å². The third-order valence-electron chi connectivity index (χ3n) is 2.25. The lowest BCUT2D eigenvalue weighted by atomic mass is 10.2. The molecule has 84 valence electrons. The molecule has 0 heterocycles. The summed E-state index contributed by atoms with van der Waals surface area (Å²) in [5.74, 6) is 0. The van der Waals surface area contributed by atoms with Gasteiger partial charge in [0.25, 0.3) is 0 Å². The first-order valence-electron chi connectivity index (χ1n) is 5.01. The molecule has 1 rings (SSSR count). The van der Waals surface area contributed by atoms with Crippen LogP contribution in [0.15, 0.2) is 22.7 Å². The maximum Gasteiger partial charge on any atom is 0.0451 e. The van der Waals surface area contributed by atoms with E-state index in [4.69, 9.17) is 17.3 Å². The maximum absolute atomic E-state index is 6.07. The van der Waals surface area contributed by atoms with Crippen LogP contribution in [0.5, 0.6) is 0 Å². The zero-order valence-corrected chi connectivity index (χ0v) is 11.1. The minimum Gasteiger partial charge on any atom is -0.330 e. The molecule has 15 heavy (non-hydrogen) atoms. The van der Waals surface area contributed by atoms with Gasteiger partial charge in [0.15, 0.2) is 0 Å². The van der Waals surface area contributed by atoms with Crippen LogP contribution in [-0.2, 0) is 6.54 Å². The number of nitrogens with two attached hydrogens (primary N) is 1. The van der Waals surface area contributed by atoms with E-state index in [1.54, 1.807) is 0 Å². The van der Waals surface area contributed by atoms with Gasteiger partial charge in [0.2, 0.25) is 0 Å². The van der Waals surface area contributed by atoms with Gasteiger partial charge < -0.3 is 11.1 Å². The molecular formula is C11H16BrClN2. The van der Waals surface area contributed by atoms with Gasteiger partial charge in [-0.25, -0.2) is 0 Å². The van der Waals surface area contributed by atoms with E-state index in [0.717, 1.165) is 28.0 Å². The number of halogens is 2. The fourth-order valence-corrected chi connectivity index (χ4v) is 1.91. The van der Waals surface area contributed by atoms with Crippen LogP contribution >= 0.6 is 27.5 Å². The highest BCUT2D eigenvalue weighted by Gasteiger charge is 2.03. The van der Waals surface area contributed by atoms with Crippen molar-refractivity contribution in [3.8, 4) is 0 Å². The number of rotatable bonds is 5. The fraction of sp³-hybridized carbons (Fsp3) is 0.455. The summed E-state index contributed by atoms with van der Waals surface area (Å²) in [6.45, 7) is 3.61. The molecule has 0 spiro atoms. The minimum absolute atomic E-state index is 0.421. The molecule has 4 heteroatoms. The molecule has 0 saturated carbocycles. The number of hydrogen-bond acceptors (Lipinski definition) is 2. The summed E-state index contributed by atoms with van der Waals surface area (Å²) in [4.78, 5) is 0. The van der Waals surface area contributed by atoms with Crippen molar-refractivity contribution in [1.29, 1.82) is 0 Å². The van der Waals surface area contributed by atoms with Crippen LogP contribution < -0.4 is 11.1 Å². The molecule has 0 radical (unpaired) electrons. The van der Waals surface area contributed by atoms with Crippen LogP contribution in [0.2, 0.25) is 5.02 Å². The smallest absolute Gasteiger partial charge is 0.0451 e. The van der Waals surface area contributed by atoms with Gasteiger partial charge in [-0.15, -0.1) is 0 Å². The molecule has 0 aromatic heterocycles. The predicted molar refractivity (Wildman–Crippen MR) is 69.1 cm³/mol. The molecule has 0 fully saturated rings. The van der Waals surface area contributed by atoms with Gasteiger partial charge >= 0.3 is 0 Å². The Morgan fingerprint density at radius 2 is 2.27 bits per heavy atom. The summed E-state index contributed by atoms with van der Waals surface area (Å²) in [6.07, 6.45) is 0.978. The quantitative estimate of drug-likeness (QED) is 0.875. The number of benzene rings is 1. The Kier molecular flexibility index (Phi) is 5.61. The van der Waals surface area contributed by atoms with Crippen molar-refractivity contribution in [2.45, 2.75) is 25.9 Å². The minimum atomic E-state index is 0.421. The molecule has 0 aliphatic heterocycles. The second-order valence-electron chi connectivity index (χ2n) is 3.60. The van der Waals surface area contributed by atoms with E-state index < -0.39 is 0 Å². The number of hydrogen-bond donors (Lipinski definition) is 2. The van der Waals surface area contributed by atoms with Crippen LogP contribution in [0, 0.1) is 0 Å². The van der Waals surface area contributed by atoms with Crippen molar-refractivity contribution in [2.75, 3.05) is 6.54 Å². The Morgan fingerprint density at radius 3 is 2.93 bits per heavy atom. The Bertz CT molecular complexity index is 317. The molecule has 1 atom stereocenters. The van der Waals surface area contributed by atoms with E-state index in [2.05, 4.69) is 28.2 Å². The Morgan fingerprint density at radius 1 is 1.53 bits per heavy atom. The van der Waals surface area contributed by atoms with E-state index in [-0.39, 0.29) is 0 Å². The molecule has 0 aliphatic rings. The zero-order chi connectivity index (χ0) is 11.3. The molecule has 1 unspecified atom stereocenters. The first-order chi connectivity index (χ1) is 7.13. The van der Waals surface area contributed by atoms with Crippen molar-refractivity contribution < 1.29 is 0 Å². The molecule has 3 N–H and O–H groups in total. The van der Waals surface area contributed by atoms with Crippen LogP contribution in [0.3, 0.4) is 0 Å². The second-order valence-corrected chi connectivity index (χ2v) is 4.92. The molecule has 0 aliphatic carbocycles. The van der Waals surface area contributed by atoms with Gasteiger partial charge in [-0.3, -0.25) is 0 Å². The Balaban J connectivity index is 2.53. The summed E-state index contributed by atoms with van der Waals surface area (Å²) < 4.78 is 1.05. The standard InChI is InChI=1S/C11H16BrClN2/c1-8(4-5-14)15-7-9-6-10(12)2-3-11(9)13/h2-3,6,8,15H,4-5,7,14H2,1H3. The Labute approximate surface area is 104 Å². The normalized spacial score (nSPS) is 12.8. The van der Waals surface area contributed by atoms with Gasteiger partial charge in [-0.05, 0) is 43.7 Å². The van der Waals surface area contributed by atoms with E-state index in [1.165, 1.54) is 0 Å². The van der Waals surface area contributed by atoms with Gasteiger partial charge in [0.1, 0.15) is 0 Å². The molecule has 0 saturated heterocycles. The van der Waals surface area contributed by atoms with Crippen molar-refractivity contribution in [2.24, 2.45) is 5.73 Å². The lowest BCUT2D eigenvalue weighted by Gasteiger charge is -2.13. The molecule has 0 bridgehead atoms. The summed E-state index contributed by atoms with van der Waals surface area (Å²) in [5, 5.41) is 4.18. The third-order valence-corrected chi connectivity index (χ3v) is 3.11. The molecule has 2 nitrogen and oxygen atoms in total. The van der Waals surface area contributed by atoms with Crippen LogP contribution in [-0.4, -0.2) is 12.6 Å². The highest BCUT2D eigenvalue weighted by Crippen LogP contribution is 2.20. The molecule has 0 amide bonds. The fourth-order valence-electron chi connectivity index (χ4n) is 1.32. The number of nitrogens with one attached hydrogen (secondary N) is 1. The zero-order valence-electron chi connectivity index (χ0n) is 8.76. The van der Waals surface area contributed by atoms with Crippen LogP contribution in [0.4, 0.5) is 0 Å². The van der Waals surface area contributed by atoms with E-state index in [0.29, 0.717) is 12.6 Å². The highest BCUT2D eigenvalue weighted by molar-refractivity contribution is 9.10. The van der Waals surface area contributed by atoms with Crippen molar-refractivity contribution in [1.82, 2.24) is 5.32 Å². The van der Waals surface area contributed by atoms with Crippen molar-refractivity contribution in [3.63, 3.8) is 0 Å². The SMILES string of the molecule is CC(CCN)NCc1cc(Br)ccc1Cl. The first-order valence-corrected chi connectivity index (χ1v) is 6.18. The molecule has 1 aromatic rings. The summed E-state index contributed by atoms with van der Waals surface area (Å²) in [5.41, 5.74) is 6.59. The molecule has 1 aromatic carbocycles. The largest absolute Gasteiger partial charge is 0.330 e. The maximum atomic E-state index is 6.07. The van der Waals surface area contributed by atoms with Crippen molar-refractivity contribution >= 4 is 27.5 Å². The lowest BCUT2D eigenvalue weighted by Crippen LogP contribution is -2.27. The van der Waals surface area contributed by atoms with E-state index in [1.807, 2.05) is 18.2 Å². The van der Waals surface area contributed by atoms with Gasteiger partial charge in [-0.1, -0.05) is 27.5 Å². The molecular weight excluding hydrogens is 275 g/mol. The van der Waals surface area contributed by atoms with E-state index >= 15 is 0 Å². The summed E-state index contributed by atoms with van der Waals surface area (Å²) in [7, 11) is 0. The third kappa shape index (κ3) is 4.51. The lowest BCUT2D eigenvalue weighted by molar-refractivity contribution is 0.520. The highest BCUT2D eigenvalue weighted by atomic mass is 79.9. The van der Waals surface area contributed by atoms with Crippen LogP contribution in [0.1, 0.15) is 18.9 Å². The average Bonchev–Trinajstić information content (AvgIpc) is 2.20. The van der Waals surface area contributed by atoms with Gasteiger partial charge in [0, 0.05) is 22.1 Å². The van der Waals surface area contributed by atoms with Gasteiger partial charge in [0.05, 0.1) is 0 Å². The first kappa shape index (κ1) is 13.0. The average molecular weight is 292 g/mol. The Hall–Kier alpha value is -0.0900. The van der Waals surface area contributed by atoms with Crippen LogP contribution in [0.25, 0.3) is 0 Å². The summed E-state index contributed by atoms with van der Waals surface area (Å²) in [6, 6.07) is 6.29. The summed E-state index contributed by atoms with van der Waals surface area (Å²) >= 11 is 9.50.